The van der Waals surface area contributed by atoms with Crippen LogP contribution in [0, 0.1) is 17.2 Å². The van der Waals surface area contributed by atoms with Crippen molar-refractivity contribution in [2.24, 2.45) is 5.92 Å². The van der Waals surface area contributed by atoms with E-state index < -0.39 is 0 Å². The lowest BCUT2D eigenvalue weighted by Crippen LogP contribution is -2.35. The highest BCUT2D eigenvalue weighted by Crippen LogP contribution is 2.36. The number of fused-ring (bicyclic) bond motifs is 1. The summed E-state index contributed by atoms with van der Waals surface area (Å²) in [5, 5.41) is 9.48. The van der Waals surface area contributed by atoms with E-state index in [4.69, 9.17) is 9.47 Å². The zero-order valence-corrected chi connectivity index (χ0v) is 11.1. The van der Waals surface area contributed by atoms with Gasteiger partial charge in [-0.25, -0.2) is 0 Å². The lowest BCUT2D eigenvalue weighted by atomic mass is 9.96. The highest BCUT2D eigenvalue weighted by molar-refractivity contribution is 5.46. The molecule has 2 aliphatic rings. The van der Waals surface area contributed by atoms with Crippen molar-refractivity contribution in [1.82, 2.24) is 4.90 Å². The van der Waals surface area contributed by atoms with Gasteiger partial charge in [-0.05, 0) is 49.5 Å². The first-order valence-electron chi connectivity index (χ1n) is 6.81. The number of hydrogen-bond acceptors (Lipinski definition) is 4. The molecule has 0 spiro atoms. The Morgan fingerprint density at radius 1 is 1.26 bits per heavy atom. The largest absolute Gasteiger partial charge is 0.454 e. The quantitative estimate of drug-likeness (QED) is 0.818. The van der Waals surface area contributed by atoms with Crippen molar-refractivity contribution >= 4 is 0 Å². The number of piperidine rings is 1. The van der Waals surface area contributed by atoms with E-state index in [2.05, 4.69) is 17.9 Å². The fourth-order valence-electron chi connectivity index (χ4n) is 2.74. The van der Waals surface area contributed by atoms with Crippen molar-refractivity contribution in [2.45, 2.75) is 25.8 Å². The van der Waals surface area contributed by atoms with E-state index in [-0.39, 0.29) is 12.8 Å². The summed E-state index contributed by atoms with van der Waals surface area (Å²) in [7, 11) is 0. The maximum absolute atomic E-state index is 9.48. The minimum atomic E-state index is -0.179. The standard InChI is InChI=1S/C15H18N2O2/c1-11-4-6-17(7-5-11)13(9-16)12-2-3-14-15(8-12)19-10-18-14/h2-3,8,11,13H,4-7,10H2,1H3. The van der Waals surface area contributed by atoms with E-state index in [1.54, 1.807) is 0 Å². The number of rotatable bonds is 2. The molecule has 0 aliphatic carbocycles. The normalized spacial score (nSPS) is 21.1. The first-order chi connectivity index (χ1) is 9.28. The topological polar surface area (TPSA) is 45.5 Å². The minimum Gasteiger partial charge on any atom is -0.454 e. The third-order valence-corrected chi connectivity index (χ3v) is 4.02. The van der Waals surface area contributed by atoms with Gasteiger partial charge in [0.25, 0.3) is 0 Å². The number of hydrogen-bond donors (Lipinski definition) is 0. The Morgan fingerprint density at radius 2 is 2.00 bits per heavy atom. The van der Waals surface area contributed by atoms with E-state index in [1.807, 2.05) is 18.2 Å². The van der Waals surface area contributed by atoms with Gasteiger partial charge in [-0.15, -0.1) is 0 Å². The van der Waals surface area contributed by atoms with Crippen LogP contribution in [-0.2, 0) is 0 Å². The molecule has 3 rings (SSSR count). The molecule has 0 N–H and O–H groups in total. The summed E-state index contributed by atoms with van der Waals surface area (Å²) in [4.78, 5) is 2.26. The second-order valence-electron chi connectivity index (χ2n) is 5.36. The Bertz CT molecular complexity index is 501. The zero-order chi connectivity index (χ0) is 13.2. The number of nitriles is 1. The smallest absolute Gasteiger partial charge is 0.231 e. The van der Waals surface area contributed by atoms with Gasteiger partial charge < -0.3 is 9.47 Å². The van der Waals surface area contributed by atoms with Crippen LogP contribution >= 0.6 is 0 Å². The summed E-state index contributed by atoms with van der Waals surface area (Å²) < 4.78 is 10.7. The van der Waals surface area contributed by atoms with Crippen LogP contribution in [0.15, 0.2) is 18.2 Å². The number of nitrogens with zero attached hydrogens (tertiary/aromatic N) is 2. The molecular formula is C15H18N2O2. The fourth-order valence-corrected chi connectivity index (χ4v) is 2.74. The predicted molar refractivity (Wildman–Crippen MR) is 70.9 cm³/mol. The van der Waals surface area contributed by atoms with E-state index in [1.165, 1.54) is 12.8 Å². The summed E-state index contributed by atoms with van der Waals surface area (Å²) in [5.74, 6) is 2.29. The summed E-state index contributed by atoms with van der Waals surface area (Å²) in [6, 6.07) is 8.05. The van der Waals surface area contributed by atoms with Crippen molar-refractivity contribution in [2.75, 3.05) is 19.9 Å². The molecule has 0 amide bonds. The summed E-state index contributed by atoms with van der Waals surface area (Å²) >= 11 is 0. The molecule has 1 atom stereocenters. The molecule has 19 heavy (non-hydrogen) atoms. The van der Waals surface area contributed by atoms with Crippen molar-refractivity contribution < 1.29 is 9.47 Å². The van der Waals surface area contributed by atoms with Crippen molar-refractivity contribution in [3.8, 4) is 17.6 Å². The molecule has 4 nitrogen and oxygen atoms in total. The molecule has 1 aromatic carbocycles. The molecule has 0 bridgehead atoms. The monoisotopic (exact) mass is 258 g/mol. The van der Waals surface area contributed by atoms with E-state index in [0.29, 0.717) is 0 Å². The number of benzene rings is 1. The van der Waals surface area contributed by atoms with Gasteiger partial charge in [-0.2, -0.15) is 5.26 Å². The maximum Gasteiger partial charge on any atom is 0.231 e. The van der Waals surface area contributed by atoms with Crippen LogP contribution in [0.25, 0.3) is 0 Å². The first kappa shape index (κ1) is 12.3. The van der Waals surface area contributed by atoms with Crippen LogP contribution in [0.1, 0.15) is 31.4 Å². The van der Waals surface area contributed by atoms with Crippen LogP contribution in [0.4, 0.5) is 0 Å². The molecule has 4 heteroatoms. The Hall–Kier alpha value is -1.73. The van der Waals surface area contributed by atoms with Crippen molar-refractivity contribution in [1.29, 1.82) is 5.26 Å². The third kappa shape index (κ3) is 2.39. The predicted octanol–water partition coefficient (Wildman–Crippen LogP) is 2.71. The van der Waals surface area contributed by atoms with Crippen molar-refractivity contribution in [3.05, 3.63) is 23.8 Å². The van der Waals surface area contributed by atoms with Crippen LogP contribution in [-0.4, -0.2) is 24.8 Å². The average Bonchev–Trinajstić information content (AvgIpc) is 2.89. The summed E-state index contributed by atoms with van der Waals surface area (Å²) in [6.45, 7) is 4.54. The second-order valence-corrected chi connectivity index (χ2v) is 5.36. The van der Waals surface area contributed by atoms with Gasteiger partial charge in [0.05, 0.1) is 6.07 Å². The average molecular weight is 258 g/mol. The highest BCUT2D eigenvalue weighted by atomic mass is 16.7. The highest BCUT2D eigenvalue weighted by Gasteiger charge is 2.26. The number of likely N-dealkylation sites (tertiary alicyclic amines) is 1. The van der Waals surface area contributed by atoms with Crippen LogP contribution < -0.4 is 9.47 Å². The van der Waals surface area contributed by atoms with Gasteiger partial charge >= 0.3 is 0 Å². The van der Waals surface area contributed by atoms with E-state index in [0.717, 1.165) is 36.1 Å². The van der Waals surface area contributed by atoms with Gasteiger partial charge in [0.1, 0.15) is 6.04 Å². The van der Waals surface area contributed by atoms with Gasteiger partial charge in [-0.3, -0.25) is 4.90 Å². The molecule has 100 valence electrons. The molecule has 2 heterocycles. The molecule has 1 saturated heterocycles. The lowest BCUT2D eigenvalue weighted by Gasteiger charge is -2.33. The van der Waals surface area contributed by atoms with Crippen molar-refractivity contribution in [3.63, 3.8) is 0 Å². The Morgan fingerprint density at radius 3 is 2.74 bits per heavy atom. The third-order valence-electron chi connectivity index (χ3n) is 4.02. The van der Waals surface area contributed by atoms with Crippen LogP contribution in [0.3, 0.4) is 0 Å². The minimum absolute atomic E-state index is 0.179. The molecule has 1 aromatic rings. The van der Waals surface area contributed by atoms with Gasteiger partial charge in [0.15, 0.2) is 11.5 Å². The van der Waals surface area contributed by atoms with E-state index >= 15 is 0 Å². The summed E-state index contributed by atoms with van der Waals surface area (Å²) in [6.07, 6.45) is 2.34. The second kappa shape index (κ2) is 5.10. The lowest BCUT2D eigenvalue weighted by molar-refractivity contribution is 0.164. The van der Waals surface area contributed by atoms with Gasteiger partial charge in [0.2, 0.25) is 6.79 Å². The van der Waals surface area contributed by atoms with Crippen LogP contribution in [0.2, 0.25) is 0 Å². The number of ether oxygens (including phenoxy) is 2. The molecule has 0 aromatic heterocycles. The fraction of sp³-hybridized carbons (Fsp3) is 0.533. The Balaban J connectivity index is 1.81. The van der Waals surface area contributed by atoms with Gasteiger partial charge in [-0.1, -0.05) is 13.0 Å². The Kier molecular flexibility index (Phi) is 3.31. The molecule has 1 unspecified atom stereocenters. The molecule has 2 aliphatic heterocycles. The molecule has 0 radical (unpaired) electrons. The first-order valence-corrected chi connectivity index (χ1v) is 6.81. The molecule has 0 saturated carbocycles. The maximum atomic E-state index is 9.48. The van der Waals surface area contributed by atoms with Crippen LogP contribution in [0.5, 0.6) is 11.5 Å². The molecule has 1 fully saturated rings. The van der Waals surface area contributed by atoms with E-state index in [9.17, 15) is 5.26 Å². The SMILES string of the molecule is CC1CCN(C(C#N)c2ccc3c(c2)OCO3)CC1. The zero-order valence-electron chi connectivity index (χ0n) is 11.1. The van der Waals surface area contributed by atoms with Gasteiger partial charge in [0, 0.05) is 0 Å². The molecular weight excluding hydrogens is 240 g/mol. The Labute approximate surface area is 113 Å². The summed E-state index contributed by atoms with van der Waals surface area (Å²) in [5.41, 5.74) is 1.00.